The second-order valence-corrected chi connectivity index (χ2v) is 4.97. The van der Waals surface area contributed by atoms with Gasteiger partial charge in [-0.1, -0.05) is 29.8 Å². The molecule has 0 saturated carbocycles. The summed E-state index contributed by atoms with van der Waals surface area (Å²) in [7, 11) is 1.62. The van der Waals surface area contributed by atoms with Crippen molar-refractivity contribution in [2.75, 3.05) is 19.0 Å². The predicted octanol–water partition coefficient (Wildman–Crippen LogP) is 3.72. The predicted molar refractivity (Wildman–Crippen MR) is 87.2 cm³/mol. The Balaban J connectivity index is 2.25. The fraction of sp³-hybridized carbons (Fsp3) is 0.278. The van der Waals surface area contributed by atoms with Crippen LogP contribution in [0.4, 0.5) is 5.69 Å². The zero-order valence-electron chi connectivity index (χ0n) is 13.1. The molecule has 0 aliphatic heterocycles. The summed E-state index contributed by atoms with van der Waals surface area (Å²) in [5.41, 5.74) is 2.82. The number of carbonyl (C=O) groups excluding carboxylic acids is 1. The van der Waals surface area contributed by atoms with Crippen LogP contribution >= 0.6 is 0 Å². The van der Waals surface area contributed by atoms with Crippen molar-refractivity contribution in [3.05, 3.63) is 59.7 Å². The highest BCUT2D eigenvalue weighted by Crippen LogP contribution is 2.23. The number of benzene rings is 2. The number of esters is 1. The maximum absolute atomic E-state index is 12.3. The van der Waals surface area contributed by atoms with Crippen molar-refractivity contribution in [1.82, 2.24) is 0 Å². The Morgan fingerprint density at radius 1 is 1.18 bits per heavy atom. The number of ether oxygens (including phenoxy) is 2. The van der Waals surface area contributed by atoms with Crippen LogP contribution in [0.2, 0.25) is 0 Å². The highest BCUT2D eigenvalue weighted by molar-refractivity contribution is 5.81. The first-order chi connectivity index (χ1) is 10.6. The standard InChI is InChI=1S/C18H21NO3/c1-4-22-18(20)17(14-7-5-6-13(2)12-14)19-15-8-10-16(21-3)11-9-15/h5-12,17,19H,4H2,1-3H3/t17-/m0/s1. The first-order valence-corrected chi connectivity index (χ1v) is 7.28. The van der Waals surface area contributed by atoms with Gasteiger partial charge in [0.1, 0.15) is 5.75 Å². The molecule has 0 bridgehead atoms. The fourth-order valence-electron chi connectivity index (χ4n) is 2.21. The molecule has 1 N–H and O–H groups in total. The maximum Gasteiger partial charge on any atom is 0.333 e. The molecule has 2 aromatic carbocycles. The molecule has 0 radical (unpaired) electrons. The van der Waals surface area contributed by atoms with Gasteiger partial charge in [-0.25, -0.2) is 4.79 Å². The molecule has 0 unspecified atom stereocenters. The van der Waals surface area contributed by atoms with Gasteiger partial charge in [0.2, 0.25) is 0 Å². The Kier molecular flexibility index (Phi) is 5.42. The van der Waals surface area contributed by atoms with E-state index in [0.29, 0.717) is 6.61 Å². The summed E-state index contributed by atoms with van der Waals surface area (Å²) in [5.74, 6) is 0.484. The van der Waals surface area contributed by atoms with Gasteiger partial charge in [-0.05, 0) is 43.7 Å². The van der Waals surface area contributed by atoms with E-state index in [1.54, 1.807) is 14.0 Å². The molecule has 22 heavy (non-hydrogen) atoms. The summed E-state index contributed by atoms with van der Waals surface area (Å²) >= 11 is 0. The Hall–Kier alpha value is -2.49. The van der Waals surface area contributed by atoms with E-state index in [-0.39, 0.29) is 5.97 Å². The van der Waals surface area contributed by atoms with E-state index in [1.165, 1.54) is 0 Å². The summed E-state index contributed by atoms with van der Waals surface area (Å²) in [6.07, 6.45) is 0. The number of methoxy groups -OCH3 is 1. The lowest BCUT2D eigenvalue weighted by Gasteiger charge is -2.19. The number of aryl methyl sites for hydroxylation is 1. The van der Waals surface area contributed by atoms with Crippen LogP contribution in [0.5, 0.6) is 5.75 Å². The molecular formula is C18H21NO3. The molecule has 0 saturated heterocycles. The number of nitrogens with one attached hydrogen (secondary N) is 1. The average molecular weight is 299 g/mol. The normalized spacial score (nSPS) is 11.6. The van der Waals surface area contributed by atoms with Crippen LogP contribution in [0.3, 0.4) is 0 Å². The number of rotatable bonds is 6. The van der Waals surface area contributed by atoms with Crippen molar-refractivity contribution in [2.45, 2.75) is 19.9 Å². The van der Waals surface area contributed by atoms with E-state index in [1.807, 2.05) is 55.5 Å². The van der Waals surface area contributed by atoms with Gasteiger partial charge in [-0.2, -0.15) is 0 Å². The van der Waals surface area contributed by atoms with Crippen LogP contribution in [0, 0.1) is 6.92 Å². The molecular weight excluding hydrogens is 278 g/mol. The van der Waals surface area contributed by atoms with E-state index in [9.17, 15) is 4.79 Å². The van der Waals surface area contributed by atoms with Crippen LogP contribution in [-0.2, 0) is 9.53 Å². The summed E-state index contributed by atoms with van der Waals surface area (Å²) in [6.45, 7) is 4.16. The molecule has 0 amide bonds. The summed E-state index contributed by atoms with van der Waals surface area (Å²) in [5, 5.41) is 3.23. The molecule has 0 heterocycles. The number of anilines is 1. The van der Waals surface area contributed by atoms with Crippen LogP contribution in [0.25, 0.3) is 0 Å². The van der Waals surface area contributed by atoms with Gasteiger partial charge in [-0.15, -0.1) is 0 Å². The molecule has 2 rings (SSSR count). The molecule has 0 spiro atoms. The molecule has 0 aliphatic rings. The lowest BCUT2D eigenvalue weighted by Crippen LogP contribution is -2.23. The summed E-state index contributed by atoms with van der Waals surface area (Å²) < 4.78 is 10.3. The first kappa shape index (κ1) is 15.9. The Bertz CT molecular complexity index is 622. The topological polar surface area (TPSA) is 47.6 Å². The molecule has 2 aromatic rings. The van der Waals surface area contributed by atoms with Gasteiger partial charge >= 0.3 is 5.97 Å². The van der Waals surface area contributed by atoms with Crippen molar-refractivity contribution in [3.63, 3.8) is 0 Å². The smallest absolute Gasteiger partial charge is 0.333 e. The van der Waals surface area contributed by atoms with Gasteiger partial charge in [0, 0.05) is 5.69 Å². The first-order valence-electron chi connectivity index (χ1n) is 7.28. The van der Waals surface area contributed by atoms with Crippen molar-refractivity contribution >= 4 is 11.7 Å². The minimum atomic E-state index is -0.534. The Morgan fingerprint density at radius 3 is 2.50 bits per heavy atom. The van der Waals surface area contributed by atoms with Crippen molar-refractivity contribution < 1.29 is 14.3 Å². The number of hydrogen-bond donors (Lipinski definition) is 1. The molecule has 116 valence electrons. The zero-order chi connectivity index (χ0) is 15.9. The second-order valence-electron chi connectivity index (χ2n) is 4.97. The van der Waals surface area contributed by atoms with E-state index >= 15 is 0 Å². The highest BCUT2D eigenvalue weighted by Gasteiger charge is 2.22. The van der Waals surface area contributed by atoms with Crippen LogP contribution in [-0.4, -0.2) is 19.7 Å². The molecule has 0 fully saturated rings. The summed E-state index contributed by atoms with van der Waals surface area (Å²) in [6, 6.07) is 14.8. The highest BCUT2D eigenvalue weighted by atomic mass is 16.5. The minimum Gasteiger partial charge on any atom is -0.497 e. The van der Waals surface area contributed by atoms with E-state index in [0.717, 1.165) is 22.6 Å². The molecule has 4 nitrogen and oxygen atoms in total. The third-order valence-electron chi connectivity index (χ3n) is 3.30. The van der Waals surface area contributed by atoms with E-state index in [2.05, 4.69) is 5.32 Å². The summed E-state index contributed by atoms with van der Waals surface area (Å²) in [4.78, 5) is 12.3. The average Bonchev–Trinajstić information content (AvgIpc) is 2.53. The molecule has 0 aromatic heterocycles. The van der Waals surface area contributed by atoms with Crippen molar-refractivity contribution in [1.29, 1.82) is 0 Å². The lowest BCUT2D eigenvalue weighted by molar-refractivity contribution is -0.144. The SMILES string of the molecule is CCOC(=O)[C@@H](Nc1ccc(OC)cc1)c1cccc(C)c1. The molecule has 1 atom stereocenters. The Labute approximate surface area is 131 Å². The van der Waals surface area contributed by atoms with Crippen LogP contribution in [0.15, 0.2) is 48.5 Å². The lowest BCUT2D eigenvalue weighted by atomic mass is 10.0. The van der Waals surface area contributed by atoms with Gasteiger partial charge < -0.3 is 14.8 Å². The quantitative estimate of drug-likeness (QED) is 0.826. The molecule has 0 aliphatic carbocycles. The van der Waals surface area contributed by atoms with Crippen molar-refractivity contribution in [3.8, 4) is 5.75 Å². The zero-order valence-corrected chi connectivity index (χ0v) is 13.1. The van der Waals surface area contributed by atoms with Crippen LogP contribution in [0.1, 0.15) is 24.1 Å². The minimum absolute atomic E-state index is 0.288. The van der Waals surface area contributed by atoms with Gasteiger partial charge in [0.05, 0.1) is 13.7 Å². The van der Waals surface area contributed by atoms with Crippen molar-refractivity contribution in [2.24, 2.45) is 0 Å². The second kappa shape index (κ2) is 7.50. The van der Waals surface area contributed by atoms with E-state index in [4.69, 9.17) is 9.47 Å². The van der Waals surface area contributed by atoms with Gasteiger partial charge in [0.25, 0.3) is 0 Å². The fourth-order valence-corrected chi connectivity index (χ4v) is 2.21. The van der Waals surface area contributed by atoms with E-state index < -0.39 is 6.04 Å². The largest absolute Gasteiger partial charge is 0.497 e. The van der Waals surface area contributed by atoms with Crippen LogP contribution < -0.4 is 10.1 Å². The monoisotopic (exact) mass is 299 g/mol. The Morgan fingerprint density at radius 2 is 1.91 bits per heavy atom. The third kappa shape index (κ3) is 4.01. The molecule has 4 heteroatoms. The number of hydrogen-bond acceptors (Lipinski definition) is 4. The number of carbonyl (C=O) groups is 1. The maximum atomic E-state index is 12.3. The van der Waals surface area contributed by atoms with Gasteiger partial charge in [-0.3, -0.25) is 0 Å². The van der Waals surface area contributed by atoms with Gasteiger partial charge in [0.15, 0.2) is 6.04 Å². The third-order valence-corrected chi connectivity index (χ3v) is 3.30.